The number of carbonyl (C=O) groups excluding carboxylic acids is 1. The number of halogens is 2. The second-order valence-corrected chi connectivity index (χ2v) is 4.23. The molecule has 1 unspecified atom stereocenters. The first kappa shape index (κ1) is 10.5. The van der Waals surface area contributed by atoms with Crippen molar-refractivity contribution in [1.82, 2.24) is 0 Å². The van der Waals surface area contributed by atoms with E-state index in [-0.39, 0.29) is 5.78 Å². The molecule has 0 saturated carbocycles. The Bertz CT molecular complexity index is 338. The largest absolute Gasteiger partial charge is 0.399 e. The zero-order chi connectivity index (χ0) is 10.0. The number of Topliss-reactive ketones (excluding diaryl/α,β-unsaturated/α-hetero) is 1. The maximum Gasteiger partial charge on any atom is 0.181 e. The average molecular weight is 263 g/mol. The average Bonchev–Trinajstić information content (AvgIpc) is 2.08. The number of carbonyl (C=O) groups is 1. The molecule has 2 nitrogen and oxygen atoms in total. The maximum atomic E-state index is 11.5. The molecule has 4 heteroatoms. The van der Waals surface area contributed by atoms with Gasteiger partial charge >= 0.3 is 0 Å². The van der Waals surface area contributed by atoms with E-state index in [9.17, 15) is 4.79 Å². The van der Waals surface area contributed by atoms with Crippen LogP contribution in [0.15, 0.2) is 22.7 Å². The van der Waals surface area contributed by atoms with Crippen molar-refractivity contribution in [3.05, 3.63) is 28.2 Å². The molecular weight excluding hydrogens is 253 g/mol. The maximum absolute atomic E-state index is 11.5. The van der Waals surface area contributed by atoms with E-state index >= 15 is 0 Å². The molecule has 1 atom stereocenters. The number of anilines is 1. The number of nitrogen functional groups attached to an aromatic ring is 1. The molecular formula is C9H9BrClNO. The zero-order valence-corrected chi connectivity index (χ0v) is 9.39. The van der Waals surface area contributed by atoms with Crippen molar-refractivity contribution in [3.63, 3.8) is 0 Å². The summed E-state index contributed by atoms with van der Waals surface area (Å²) < 4.78 is 0.721. The van der Waals surface area contributed by atoms with Gasteiger partial charge in [-0.05, 0) is 25.1 Å². The van der Waals surface area contributed by atoms with E-state index in [1.54, 1.807) is 25.1 Å². The lowest BCUT2D eigenvalue weighted by atomic mass is 10.1. The lowest BCUT2D eigenvalue weighted by Crippen LogP contribution is -2.11. The molecule has 13 heavy (non-hydrogen) atoms. The van der Waals surface area contributed by atoms with Crippen molar-refractivity contribution in [1.29, 1.82) is 0 Å². The number of nitrogens with two attached hydrogens (primary N) is 1. The van der Waals surface area contributed by atoms with E-state index in [4.69, 9.17) is 17.3 Å². The zero-order valence-electron chi connectivity index (χ0n) is 7.05. The summed E-state index contributed by atoms with van der Waals surface area (Å²) in [7, 11) is 0. The van der Waals surface area contributed by atoms with Crippen molar-refractivity contribution >= 4 is 39.0 Å². The molecule has 1 rings (SSSR count). The monoisotopic (exact) mass is 261 g/mol. The fourth-order valence-electron chi connectivity index (χ4n) is 0.946. The second-order valence-electron chi connectivity index (χ2n) is 2.72. The van der Waals surface area contributed by atoms with Gasteiger partial charge in [-0.15, -0.1) is 11.6 Å². The van der Waals surface area contributed by atoms with E-state index in [0.717, 1.165) is 4.47 Å². The smallest absolute Gasteiger partial charge is 0.181 e. The van der Waals surface area contributed by atoms with Gasteiger partial charge in [-0.3, -0.25) is 4.79 Å². The molecule has 2 N–H and O–H groups in total. The fraction of sp³-hybridized carbons (Fsp3) is 0.222. The van der Waals surface area contributed by atoms with Crippen LogP contribution in [0.5, 0.6) is 0 Å². The molecule has 70 valence electrons. The van der Waals surface area contributed by atoms with E-state index in [0.29, 0.717) is 11.3 Å². The number of hydrogen-bond acceptors (Lipinski definition) is 2. The topological polar surface area (TPSA) is 43.1 Å². The lowest BCUT2D eigenvalue weighted by molar-refractivity contribution is 0.0991. The molecule has 0 aromatic heterocycles. The first-order valence-corrected chi connectivity index (χ1v) is 4.98. The minimum atomic E-state index is -0.530. The number of ketones is 1. The van der Waals surface area contributed by atoms with Crippen molar-refractivity contribution in [2.24, 2.45) is 0 Å². The second kappa shape index (κ2) is 4.11. The van der Waals surface area contributed by atoms with Gasteiger partial charge in [0.25, 0.3) is 0 Å². The van der Waals surface area contributed by atoms with Gasteiger partial charge in [-0.25, -0.2) is 0 Å². The van der Waals surface area contributed by atoms with Crippen molar-refractivity contribution in [2.75, 3.05) is 5.73 Å². The molecule has 0 saturated heterocycles. The first-order chi connectivity index (χ1) is 6.02. The normalized spacial score (nSPS) is 12.5. The standard InChI is InChI=1S/C9H9BrClNO/c1-5(11)9(13)7-4-6(12)2-3-8(7)10/h2-5H,12H2,1H3. The summed E-state index contributed by atoms with van der Waals surface area (Å²) in [5.41, 5.74) is 6.64. The van der Waals surface area contributed by atoms with Crippen LogP contribution in [-0.2, 0) is 0 Å². The molecule has 0 spiro atoms. The summed E-state index contributed by atoms with van der Waals surface area (Å²) in [5.74, 6) is -0.124. The molecule has 0 heterocycles. The third-order valence-electron chi connectivity index (χ3n) is 1.62. The Morgan fingerprint density at radius 3 is 2.77 bits per heavy atom. The minimum absolute atomic E-state index is 0.124. The summed E-state index contributed by atoms with van der Waals surface area (Å²) in [4.78, 5) is 11.5. The molecule has 0 aliphatic heterocycles. The van der Waals surface area contributed by atoms with Crippen LogP contribution in [0.1, 0.15) is 17.3 Å². The molecule has 0 fully saturated rings. The van der Waals surface area contributed by atoms with Gasteiger partial charge in [0.2, 0.25) is 0 Å². The summed E-state index contributed by atoms with van der Waals surface area (Å²) in [6.45, 7) is 1.64. The van der Waals surface area contributed by atoms with Gasteiger partial charge in [0.15, 0.2) is 5.78 Å². The van der Waals surface area contributed by atoms with E-state index < -0.39 is 5.38 Å². The SMILES string of the molecule is CC(Cl)C(=O)c1cc(N)ccc1Br. The molecule has 0 amide bonds. The third-order valence-corrected chi connectivity index (χ3v) is 2.51. The van der Waals surface area contributed by atoms with Crippen LogP contribution >= 0.6 is 27.5 Å². The highest BCUT2D eigenvalue weighted by Crippen LogP contribution is 2.22. The van der Waals surface area contributed by atoms with E-state index in [1.807, 2.05) is 0 Å². The van der Waals surface area contributed by atoms with Gasteiger partial charge < -0.3 is 5.73 Å². The highest BCUT2D eigenvalue weighted by Gasteiger charge is 2.15. The van der Waals surface area contributed by atoms with Crippen LogP contribution in [-0.4, -0.2) is 11.2 Å². The molecule has 1 aromatic rings. The van der Waals surface area contributed by atoms with Crippen LogP contribution in [0, 0.1) is 0 Å². The van der Waals surface area contributed by atoms with Gasteiger partial charge in [-0.1, -0.05) is 15.9 Å². The van der Waals surface area contributed by atoms with Crippen LogP contribution < -0.4 is 5.73 Å². The molecule has 0 aliphatic rings. The minimum Gasteiger partial charge on any atom is -0.399 e. The summed E-state index contributed by atoms with van der Waals surface area (Å²) in [6.07, 6.45) is 0. The Morgan fingerprint density at radius 2 is 2.23 bits per heavy atom. The number of alkyl halides is 1. The Morgan fingerprint density at radius 1 is 1.62 bits per heavy atom. The summed E-state index contributed by atoms with van der Waals surface area (Å²) in [6, 6.07) is 5.08. The predicted molar refractivity (Wildman–Crippen MR) is 58.2 cm³/mol. The fourth-order valence-corrected chi connectivity index (χ4v) is 1.51. The Balaban J connectivity index is 3.13. The number of rotatable bonds is 2. The predicted octanol–water partition coefficient (Wildman–Crippen LogP) is 2.84. The number of benzene rings is 1. The van der Waals surface area contributed by atoms with Gasteiger partial charge in [-0.2, -0.15) is 0 Å². The van der Waals surface area contributed by atoms with Gasteiger partial charge in [0.1, 0.15) is 0 Å². The third kappa shape index (κ3) is 2.45. The molecule has 0 aliphatic carbocycles. The van der Waals surface area contributed by atoms with Crippen molar-refractivity contribution in [2.45, 2.75) is 12.3 Å². The van der Waals surface area contributed by atoms with E-state index in [2.05, 4.69) is 15.9 Å². The van der Waals surface area contributed by atoms with Crippen LogP contribution in [0.25, 0.3) is 0 Å². The first-order valence-electron chi connectivity index (χ1n) is 3.75. The van der Waals surface area contributed by atoms with Crippen LogP contribution in [0.4, 0.5) is 5.69 Å². The lowest BCUT2D eigenvalue weighted by Gasteiger charge is -2.05. The highest BCUT2D eigenvalue weighted by atomic mass is 79.9. The quantitative estimate of drug-likeness (QED) is 0.506. The number of hydrogen-bond donors (Lipinski definition) is 1. The molecule has 0 radical (unpaired) electrons. The Labute approximate surface area is 90.2 Å². The summed E-state index contributed by atoms with van der Waals surface area (Å²) in [5, 5.41) is -0.530. The van der Waals surface area contributed by atoms with Crippen molar-refractivity contribution < 1.29 is 4.79 Å². The van der Waals surface area contributed by atoms with Gasteiger partial charge in [0.05, 0.1) is 5.38 Å². The van der Waals surface area contributed by atoms with Crippen molar-refractivity contribution in [3.8, 4) is 0 Å². The van der Waals surface area contributed by atoms with Gasteiger partial charge in [0, 0.05) is 15.7 Å². The molecule has 0 bridgehead atoms. The van der Waals surface area contributed by atoms with Crippen LogP contribution in [0.2, 0.25) is 0 Å². The highest BCUT2D eigenvalue weighted by molar-refractivity contribution is 9.10. The Kier molecular flexibility index (Phi) is 3.33. The Hall–Kier alpha value is -0.540. The van der Waals surface area contributed by atoms with Crippen LogP contribution in [0.3, 0.4) is 0 Å². The molecule has 1 aromatic carbocycles. The summed E-state index contributed by atoms with van der Waals surface area (Å²) >= 11 is 8.94. The van der Waals surface area contributed by atoms with E-state index in [1.165, 1.54) is 0 Å².